The number of carbonyl (C=O) groups is 1. The molecule has 1 atom stereocenters. The van der Waals surface area contributed by atoms with Crippen molar-refractivity contribution >= 4 is 33.1 Å². The first-order valence-electron chi connectivity index (χ1n) is 11.7. The van der Waals surface area contributed by atoms with Crippen molar-refractivity contribution in [3.05, 3.63) is 36.4 Å². The lowest BCUT2D eigenvalue weighted by Crippen LogP contribution is -2.30. The summed E-state index contributed by atoms with van der Waals surface area (Å²) in [6.45, 7) is 7.81. The molecule has 1 fully saturated rings. The number of methoxy groups -OCH3 is 1. The van der Waals surface area contributed by atoms with E-state index in [2.05, 4.69) is 10.3 Å². The van der Waals surface area contributed by atoms with E-state index < -0.39 is 21.7 Å². The van der Waals surface area contributed by atoms with Crippen LogP contribution in [0.2, 0.25) is 0 Å². The summed E-state index contributed by atoms with van der Waals surface area (Å²) in [5.74, 6) is 1.41. The molecule has 3 N–H and O–H groups in total. The van der Waals surface area contributed by atoms with Crippen LogP contribution in [0.4, 0.5) is 16.3 Å². The summed E-state index contributed by atoms with van der Waals surface area (Å²) in [7, 11) is -1.78. The van der Waals surface area contributed by atoms with Crippen LogP contribution in [0.3, 0.4) is 0 Å². The number of carbonyl (C=O) groups excluding carboxylic acids is 1. The minimum atomic E-state index is -3.28. The Labute approximate surface area is 210 Å². The maximum absolute atomic E-state index is 12.4. The van der Waals surface area contributed by atoms with Gasteiger partial charge in [-0.2, -0.15) is 0 Å². The highest BCUT2D eigenvalue weighted by atomic mass is 32.2. The highest BCUT2D eigenvalue weighted by Gasteiger charge is 2.34. The van der Waals surface area contributed by atoms with Crippen LogP contribution in [-0.4, -0.2) is 64.7 Å². The zero-order chi connectivity index (χ0) is 26.3. The van der Waals surface area contributed by atoms with Gasteiger partial charge >= 0.3 is 6.09 Å². The topological polar surface area (TPSA) is 141 Å². The number of aromatic nitrogens is 3. The van der Waals surface area contributed by atoms with E-state index in [1.54, 1.807) is 58.3 Å². The van der Waals surface area contributed by atoms with Crippen molar-refractivity contribution in [3.8, 4) is 17.0 Å². The maximum atomic E-state index is 12.4. The molecule has 36 heavy (non-hydrogen) atoms. The van der Waals surface area contributed by atoms with Crippen LogP contribution in [0.25, 0.3) is 16.8 Å². The largest absolute Gasteiger partial charge is 0.495 e. The molecule has 4 rings (SSSR count). The molecule has 0 bridgehead atoms. The van der Waals surface area contributed by atoms with Crippen LogP contribution in [0.15, 0.2) is 30.6 Å². The number of imidazole rings is 1. The number of nitrogens with two attached hydrogens (primary N) is 1. The Morgan fingerprint density at radius 1 is 1.31 bits per heavy atom. The molecule has 0 spiro atoms. The summed E-state index contributed by atoms with van der Waals surface area (Å²) in [6.07, 6.45) is 3.44. The molecule has 0 unspecified atom stereocenters. The standard InChI is InChI=1S/C24H32N6O5S/c1-6-36(32,33)29-11-9-16(14-29)22-28-19(20-21(25)26-10-12-30(20)22)15-7-8-17(18(13-15)34-5)27-23(31)35-24(2,3)4/h7-8,10,12-13,16H,6,9,11,14H2,1-5H3,(H2,25,26)(H,27,31)/t16-/m0/s1. The third-order valence-corrected chi connectivity index (χ3v) is 7.84. The Hall–Kier alpha value is -3.38. The summed E-state index contributed by atoms with van der Waals surface area (Å²) < 4.78 is 39.0. The van der Waals surface area contributed by atoms with Gasteiger partial charge in [0.25, 0.3) is 0 Å². The summed E-state index contributed by atoms with van der Waals surface area (Å²) in [5, 5.41) is 2.71. The van der Waals surface area contributed by atoms with Crippen molar-refractivity contribution in [2.75, 3.05) is 37.0 Å². The van der Waals surface area contributed by atoms with Crippen LogP contribution in [0, 0.1) is 0 Å². The Bertz CT molecular complexity index is 1400. The normalized spacial score (nSPS) is 16.9. The van der Waals surface area contributed by atoms with E-state index in [-0.39, 0.29) is 11.7 Å². The van der Waals surface area contributed by atoms with Gasteiger partial charge in [-0.1, -0.05) is 6.07 Å². The fourth-order valence-corrected chi connectivity index (χ4v) is 5.46. The Morgan fingerprint density at radius 3 is 2.72 bits per heavy atom. The Morgan fingerprint density at radius 2 is 2.06 bits per heavy atom. The van der Waals surface area contributed by atoms with E-state index in [1.807, 2.05) is 4.40 Å². The summed E-state index contributed by atoms with van der Waals surface area (Å²) in [4.78, 5) is 21.4. The molecule has 1 aliphatic heterocycles. The fraction of sp³-hybridized carbons (Fsp3) is 0.458. The van der Waals surface area contributed by atoms with E-state index in [4.69, 9.17) is 20.2 Å². The van der Waals surface area contributed by atoms with E-state index in [0.717, 1.165) is 5.82 Å². The minimum absolute atomic E-state index is 0.0631. The van der Waals surface area contributed by atoms with Gasteiger partial charge < -0.3 is 15.2 Å². The zero-order valence-electron chi connectivity index (χ0n) is 21.1. The summed E-state index contributed by atoms with van der Waals surface area (Å²) in [5.41, 5.74) is 8.00. The molecule has 2 aromatic heterocycles. The molecule has 0 aliphatic carbocycles. The predicted octanol–water partition coefficient (Wildman–Crippen LogP) is 3.47. The molecule has 11 nitrogen and oxygen atoms in total. The van der Waals surface area contributed by atoms with Crippen molar-refractivity contribution in [2.24, 2.45) is 0 Å². The van der Waals surface area contributed by atoms with E-state index in [1.165, 1.54) is 11.4 Å². The van der Waals surface area contributed by atoms with Crippen LogP contribution < -0.4 is 15.8 Å². The van der Waals surface area contributed by atoms with Gasteiger partial charge in [0.05, 0.1) is 18.6 Å². The van der Waals surface area contributed by atoms with Gasteiger partial charge in [0.15, 0.2) is 0 Å². The average molecular weight is 517 g/mol. The number of fused-ring (bicyclic) bond motifs is 1. The highest BCUT2D eigenvalue weighted by molar-refractivity contribution is 7.89. The second-order valence-electron chi connectivity index (χ2n) is 9.64. The monoisotopic (exact) mass is 516 g/mol. The molecule has 1 amide bonds. The third kappa shape index (κ3) is 5.09. The quantitative estimate of drug-likeness (QED) is 0.507. The maximum Gasteiger partial charge on any atom is 0.412 e. The van der Waals surface area contributed by atoms with Crippen molar-refractivity contribution in [1.82, 2.24) is 18.7 Å². The molecular weight excluding hydrogens is 484 g/mol. The molecular formula is C24H32N6O5S. The average Bonchev–Trinajstić information content (AvgIpc) is 3.44. The third-order valence-electron chi connectivity index (χ3n) is 6.00. The van der Waals surface area contributed by atoms with Crippen LogP contribution >= 0.6 is 0 Å². The van der Waals surface area contributed by atoms with E-state index in [9.17, 15) is 13.2 Å². The molecule has 1 aromatic carbocycles. The van der Waals surface area contributed by atoms with E-state index >= 15 is 0 Å². The fourth-order valence-electron chi connectivity index (χ4n) is 4.31. The first-order chi connectivity index (χ1) is 16.9. The molecule has 0 radical (unpaired) electrons. The number of nitrogen functional groups attached to an aromatic ring is 1. The molecule has 12 heteroatoms. The van der Waals surface area contributed by atoms with Gasteiger partial charge in [-0.15, -0.1) is 0 Å². The smallest absolute Gasteiger partial charge is 0.412 e. The molecule has 3 aromatic rings. The van der Waals surface area contributed by atoms with Gasteiger partial charge in [0, 0.05) is 37.0 Å². The van der Waals surface area contributed by atoms with Crippen molar-refractivity contribution in [1.29, 1.82) is 0 Å². The van der Waals surface area contributed by atoms with E-state index in [0.29, 0.717) is 53.5 Å². The first kappa shape index (κ1) is 25.7. The lowest BCUT2D eigenvalue weighted by molar-refractivity contribution is 0.0635. The van der Waals surface area contributed by atoms with Crippen LogP contribution in [0.1, 0.15) is 45.9 Å². The highest BCUT2D eigenvalue weighted by Crippen LogP contribution is 2.37. The van der Waals surface area contributed by atoms with Gasteiger partial charge in [-0.05, 0) is 46.2 Å². The number of ether oxygens (including phenoxy) is 2. The number of anilines is 2. The SMILES string of the molecule is CCS(=O)(=O)N1CC[C@H](c2nc(-c3ccc(NC(=O)OC(C)(C)C)c(OC)c3)c3c(N)nccn23)C1. The van der Waals surface area contributed by atoms with Gasteiger partial charge in [0.1, 0.15) is 34.2 Å². The minimum Gasteiger partial charge on any atom is -0.495 e. The zero-order valence-corrected chi connectivity index (χ0v) is 21.9. The molecule has 3 heterocycles. The summed E-state index contributed by atoms with van der Waals surface area (Å²) in [6, 6.07) is 5.27. The second-order valence-corrected chi connectivity index (χ2v) is 11.9. The summed E-state index contributed by atoms with van der Waals surface area (Å²) >= 11 is 0. The number of sulfonamides is 1. The number of rotatable bonds is 6. The van der Waals surface area contributed by atoms with Crippen molar-refractivity contribution < 1.29 is 22.7 Å². The molecule has 1 saturated heterocycles. The van der Waals surface area contributed by atoms with Gasteiger partial charge in [-0.3, -0.25) is 9.72 Å². The van der Waals surface area contributed by atoms with Gasteiger partial charge in [-0.25, -0.2) is 27.5 Å². The number of hydrogen-bond donors (Lipinski definition) is 2. The molecule has 1 aliphatic rings. The Kier molecular flexibility index (Phi) is 6.84. The Balaban J connectivity index is 1.72. The number of nitrogens with one attached hydrogen (secondary N) is 1. The number of nitrogens with zero attached hydrogens (tertiary/aromatic N) is 4. The van der Waals surface area contributed by atoms with Crippen LogP contribution in [-0.2, 0) is 14.8 Å². The van der Waals surface area contributed by atoms with Crippen LogP contribution in [0.5, 0.6) is 5.75 Å². The first-order valence-corrected chi connectivity index (χ1v) is 13.3. The predicted molar refractivity (Wildman–Crippen MR) is 138 cm³/mol. The second kappa shape index (κ2) is 9.58. The number of amides is 1. The lowest BCUT2D eigenvalue weighted by atomic mass is 10.1. The van der Waals surface area contributed by atoms with Gasteiger partial charge in [0.2, 0.25) is 10.0 Å². The van der Waals surface area contributed by atoms with Crippen molar-refractivity contribution in [3.63, 3.8) is 0 Å². The number of benzene rings is 1. The molecule has 194 valence electrons. The lowest BCUT2D eigenvalue weighted by Gasteiger charge is -2.20. The van der Waals surface area contributed by atoms with Crippen molar-refractivity contribution in [2.45, 2.75) is 45.6 Å². The number of hydrogen-bond acceptors (Lipinski definition) is 8. The molecule has 0 saturated carbocycles.